The predicted molar refractivity (Wildman–Crippen MR) is 112 cm³/mol. The number of benzene rings is 1. The van der Waals surface area contributed by atoms with Crippen LogP contribution in [0, 0.1) is 0 Å². The average molecular weight is 426 g/mol. The van der Waals surface area contributed by atoms with Gasteiger partial charge in [-0.3, -0.25) is 14.5 Å². The third-order valence-corrected chi connectivity index (χ3v) is 6.98. The fraction of sp³-hybridized carbons (Fsp3) is 0.286. The van der Waals surface area contributed by atoms with Crippen LogP contribution in [0.15, 0.2) is 66.0 Å². The highest BCUT2D eigenvalue weighted by Gasteiger charge is 2.27. The van der Waals surface area contributed by atoms with Crippen LogP contribution in [0.5, 0.6) is 0 Å². The zero-order valence-corrected chi connectivity index (χ0v) is 17.3. The van der Waals surface area contributed by atoms with Crippen LogP contribution >= 0.6 is 0 Å². The van der Waals surface area contributed by atoms with Crippen molar-refractivity contribution in [3.8, 4) is 11.3 Å². The zero-order chi connectivity index (χ0) is 21.0. The fourth-order valence-corrected chi connectivity index (χ4v) is 4.92. The normalized spacial score (nSPS) is 14.7. The van der Waals surface area contributed by atoms with Crippen LogP contribution in [0.2, 0.25) is 0 Å². The Morgan fingerprint density at radius 3 is 2.40 bits per heavy atom. The molecule has 0 radical (unpaired) electrons. The van der Waals surface area contributed by atoms with E-state index in [0.717, 1.165) is 24.1 Å². The Kier molecular flexibility index (Phi) is 5.91. The van der Waals surface area contributed by atoms with Crippen molar-refractivity contribution in [2.45, 2.75) is 24.3 Å². The molecule has 4 rings (SSSR count). The number of sulfonamides is 1. The van der Waals surface area contributed by atoms with Gasteiger partial charge in [0.2, 0.25) is 10.0 Å². The van der Waals surface area contributed by atoms with Gasteiger partial charge in [0.15, 0.2) is 0 Å². The molecule has 0 unspecified atom stereocenters. The molecular weight excluding hydrogens is 402 g/mol. The first-order valence-electron chi connectivity index (χ1n) is 9.86. The third-order valence-electron chi connectivity index (χ3n) is 5.06. The lowest BCUT2D eigenvalue weighted by atomic mass is 10.2. The monoisotopic (exact) mass is 425 g/mol. The van der Waals surface area contributed by atoms with Crippen LogP contribution in [0.1, 0.15) is 23.2 Å². The summed E-state index contributed by atoms with van der Waals surface area (Å²) in [5.41, 5.74) is 2.25. The molecule has 30 heavy (non-hydrogen) atoms. The number of rotatable bonds is 7. The molecule has 0 spiro atoms. The van der Waals surface area contributed by atoms with E-state index in [4.69, 9.17) is 0 Å². The van der Waals surface area contributed by atoms with Crippen molar-refractivity contribution in [2.75, 3.05) is 19.6 Å². The number of carbonyl (C=O) groups is 1. The van der Waals surface area contributed by atoms with Gasteiger partial charge in [0.1, 0.15) is 0 Å². The molecule has 3 heterocycles. The van der Waals surface area contributed by atoms with Crippen LogP contribution in [0.3, 0.4) is 0 Å². The summed E-state index contributed by atoms with van der Waals surface area (Å²) >= 11 is 0. The minimum atomic E-state index is -3.47. The zero-order valence-electron chi connectivity index (χ0n) is 16.4. The molecule has 1 aromatic carbocycles. The minimum absolute atomic E-state index is 0.223. The molecule has 1 aliphatic heterocycles. The van der Waals surface area contributed by atoms with Gasteiger partial charge < -0.3 is 5.32 Å². The van der Waals surface area contributed by atoms with Gasteiger partial charge >= 0.3 is 0 Å². The molecule has 1 amide bonds. The van der Waals surface area contributed by atoms with Crippen molar-refractivity contribution < 1.29 is 13.2 Å². The number of carbonyl (C=O) groups excluding carboxylic acids is 1. The van der Waals surface area contributed by atoms with Gasteiger partial charge in [-0.05, 0) is 55.3 Å². The lowest BCUT2D eigenvalue weighted by Gasteiger charge is -2.15. The third kappa shape index (κ3) is 4.42. The van der Waals surface area contributed by atoms with Crippen LogP contribution in [0.4, 0.5) is 0 Å². The number of pyridine rings is 1. The average Bonchev–Trinajstić information content (AvgIpc) is 3.47. The molecule has 8 nitrogen and oxygen atoms in total. The Morgan fingerprint density at radius 1 is 1.00 bits per heavy atom. The Hall–Kier alpha value is -3.04. The molecule has 2 aromatic heterocycles. The van der Waals surface area contributed by atoms with E-state index < -0.39 is 10.0 Å². The lowest BCUT2D eigenvalue weighted by molar-refractivity contribution is 0.0952. The number of aromatic nitrogens is 3. The van der Waals surface area contributed by atoms with Gasteiger partial charge in [0, 0.05) is 49.4 Å². The fourth-order valence-electron chi connectivity index (χ4n) is 3.40. The maximum Gasteiger partial charge on any atom is 0.251 e. The Balaban J connectivity index is 1.32. The highest BCUT2D eigenvalue weighted by molar-refractivity contribution is 7.89. The van der Waals surface area contributed by atoms with E-state index >= 15 is 0 Å². The van der Waals surface area contributed by atoms with Crippen LogP contribution in [-0.2, 0) is 16.6 Å². The Morgan fingerprint density at radius 2 is 1.70 bits per heavy atom. The van der Waals surface area contributed by atoms with Crippen molar-refractivity contribution in [1.82, 2.24) is 24.4 Å². The van der Waals surface area contributed by atoms with Crippen LogP contribution < -0.4 is 5.32 Å². The quantitative estimate of drug-likeness (QED) is 0.626. The van der Waals surface area contributed by atoms with Crippen molar-refractivity contribution >= 4 is 15.9 Å². The summed E-state index contributed by atoms with van der Waals surface area (Å²) in [6, 6.07) is 11.8. The molecule has 0 aliphatic carbocycles. The van der Waals surface area contributed by atoms with Crippen molar-refractivity contribution in [1.29, 1.82) is 0 Å². The summed E-state index contributed by atoms with van der Waals surface area (Å²) < 4.78 is 28.4. The molecule has 1 saturated heterocycles. The summed E-state index contributed by atoms with van der Waals surface area (Å²) in [5.74, 6) is -0.248. The molecule has 0 saturated carbocycles. The molecule has 156 valence electrons. The molecule has 1 N–H and O–H groups in total. The molecule has 1 fully saturated rings. The van der Waals surface area contributed by atoms with E-state index in [1.54, 1.807) is 29.2 Å². The van der Waals surface area contributed by atoms with Crippen molar-refractivity contribution in [3.05, 3.63) is 66.6 Å². The maximum absolute atomic E-state index is 12.6. The van der Waals surface area contributed by atoms with Crippen LogP contribution in [0.25, 0.3) is 11.3 Å². The minimum Gasteiger partial charge on any atom is -0.350 e. The topological polar surface area (TPSA) is 97.2 Å². The van der Waals surface area contributed by atoms with Gasteiger partial charge in [-0.15, -0.1) is 0 Å². The van der Waals surface area contributed by atoms with Gasteiger partial charge in [-0.2, -0.15) is 9.40 Å². The largest absolute Gasteiger partial charge is 0.350 e. The van der Waals surface area contributed by atoms with E-state index in [1.807, 2.05) is 24.4 Å². The van der Waals surface area contributed by atoms with Gasteiger partial charge in [-0.25, -0.2) is 8.42 Å². The van der Waals surface area contributed by atoms with Crippen molar-refractivity contribution in [3.63, 3.8) is 0 Å². The van der Waals surface area contributed by atoms with Crippen molar-refractivity contribution in [2.24, 2.45) is 0 Å². The van der Waals surface area contributed by atoms with E-state index in [-0.39, 0.29) is 10.8 Å². The first-order chi connectivity index (χ1) is 14.5. The number of hydrogen-bond donors (Lipinski definition) is 1. The SMILES string of the molecule is O=C(NCCn1ccc(-c2ccncc2)n1)c1ccc(S(=O)(=O)N2CCCC2)cc1. The Bertz CT molecular complexity index is 1110. The summed E-state index contributed by atoms with van der Waals surface area (Å²) in [6.07, 6.45) is 7.08. The maximum atomic E-state index is 12.6. The standard InChI is InChI=1S/C21H23N5O3S/c27-21(18-3-5-19(6-4-18)30(28,29)26-13-1-2-14-26)23-12-16-25-15-9-20(24-25)17-7-10-22-11-8-17/h3-11,15H,1-2,12-14,16H2,(H,23,27). The van der Waals surface area contributed by atoms with E-state index in [9.17, 15) is 13.2 Å². The van der Waals surface area contributed by atoms with Gasteiger partial charge in [0.25, 0.3) is 5.91 Å². The van der Waals surface area contributed by atoms with E-state index in [0.29, 0.717) is 31.7 Å². The molecule has 0 bridgehead atoms. The van der Waals surface area contributed by atoms with Gasteiger partial charge in [0.05, 0.1) is 17.1 Å². The number of hydrogen-bond acceptors (Lipinski definition) is 5. The van der Waals surface area contributed by atoms with Gasteiger partial charge in [-0.1, -0.05) is 0 Å². The Labute approximate surface area is 175 Å². The van der Waals surface area contributed by atoms with E-state index in [1.165, 1.54) is 16.4 Å². The molecular formula is C21H23N5O3S. The smallest absolute Gasteiger partial charge is 0.251 e. The summed E-state index contributed by atoms with van der Waals surface area (Å²) in [6.45, 7) is 2.05. The second-order valence-electron chi connectivity index (χ2n) is 7.09. The second-order valence-corrected chi connectivity index (χ2v) is 9.03. The summed E-state index contributed by atoms with van der Waals surface area (Å²) in [5, 5.41) is 7.33. The number of nitrogens with zero attached hydrogens (tertiary/aromatic N) is 4. The summed E-state index contributed by atoms with van der Waals surface area (Å²) in [4.78, 5) is 16.6. The van der Waals surface area contributed by atoms with E-state index in [2.05, 4.69) is 15.4 Å². The molecule has 0 atom stereocenters. The molecule has 1 aliphatic rings. The molecule has 9 heteroatoms. The number of amides is 1. The highest BCUT2D eigenvalue weighted by atomic mass is 32.2. The number of nitrogens with one attached hydrogen (secondary N) is 1. The predicted octanol–water partition coefficient (Wildman–Crippen LogP) is 2.16. The summed E-state index contributed by atoms with van der Waals surface area (Å²) in [7, 11) is -3.47. The highest BCUT2D eigenvalue weighted by Crippen LogP contribution is 2.21. The second kappa shape index (κ2) is 8.76. The lowest BCUT2D eigenvalue weighted by Crippen LogP contribution is -2.28. The first-order valence-corrected chi connectivity index (χ1v) is 11.3. The van der Waals surface area contributed by atoms with Crippen LogP contribution in [-0.4, -0.2) is 53.0 Å². The first kappa shape index (κ1) is 20.2. The molecule has 3 aromatic rings.